The van der Waals surface area contributed by atoms with Gasteiger partial charge in [-0.3, -0.25) is 0 Å². The van der Waals surface area contributed by atoms with Gasteiger partial charge in [0.25, 0.3) is 0 Å². The first-order valence-corrected chi connectivity index (χ1v) is 5.72. The molecular formula is C8H11NO3S. The summed E-state index contributed by atoms with van der Waals surface area (Å²) in [5.41, 5.74) is 0.501. The zero-order chi connectivity index (χ0) is 9.90. The monoisotopic (exact) mass is 201 g/mol. The largest absolute Gasteiger partial charge is 0.235 e. The van der Waals surface area contributed by atoms with Crippen molar-refractivity contribution in [1.82, 2.24) is 0 Å². The van der Waals surface area contributed by atoms with Gasteiger partial charge >= 0.3 is 0 Å². The summed E-state index contributed by atoms with van der Waals surface area (Å²) in [7, 11) is -3.01. The van der Waals surface area contributed by atoms with E-state index in [1.807, 2.05) is 0 Å². The molecule has 1 unspecified atom stereocenters. The fourth-order valence-corrected chi connectivity index (χ4v) is 3.45. The molecule has 1 saturated heterocycles. The van der Waals surface area contributed by atoms with Gasteiger partial charge in [-0.15, -0.1) is 0 Å². The number of rotatable bonds is 3. The third-order valence-electron chi connectivity index (χ3n) is 2.13. The lowest BCUT2D eigenvalue weighted by molar-refractivity contribution is 0.563. The third kappa shape index (κ3) is 2.26. The fourth-order valence-electron chi connectivity index (χ4n) is 1.49. The summed E-state index contributed by atoms with van der Waals surface area (Å²) >= 11 is 0. The standard InChI is InChI=1S/C8H11NO3S/c1-7(5-9-6-10)8-3-2-4-13(8,11)12/h8H,1-5H2. The van der Waals surface area contributed by atoms with Crippen LogP contribution in [0.1, 0.15) is 12.8 Å². The minimum absolute atomic E-state index is 0.0768. The second-order valence-corrected chi connectivity index (χ2v) is 5.37. The van der Waals surface area contributed by atoms with E-state index < -0.39 is 15.1 Å². The Morgan fingerprint density at radius 3 is 2.77 bits per heavy atom. The number of hydrogen-bond donors (Lipinski definition) is 0. The van der Waals surface area contributed by atoms with Gasteiger partial charge in [0.1, 0.15) is 0 Å². The van der Waals surface area contributed by atoms with Crippen LogP contribution in [-0.2, 0) is 14.6 Å². The highest BCUT2D eigenvalue weighted by Crippen LogP contribution is 2.25. The van der Waals surface area contributed by atoms with Crippen LogP contribution in [0.5, 0.6) is 0 Å². The molecule has 0 radical (unpaired) electrons. The molecule has 0 aromatic rings. The van der Waals surface area contributed by atoms with Gasteiger partial charge in [0.05, 0.1) is 17.5 Å². The van der Waals surface area contributed by atoms with E-state index in [9.17, 15) is 13.2 Å². The van der Waals surface area contributed by atoms with Crippen LogP contribution in [-0.4, -0.2) is 32.0 Å². The maximum Gasteiger partial charge on any atom is 0.235 e. The molecular weight excluding hydrogens is 190 g/mol. The molecule has 1 aliphatic heterocycles. The maximum absolute atomic E-state index is 11.4. The van der Waals surface area contributed by atoms with Crippen molar-refractivity contribution in [2.24, 2.45) is 4.99 Å². The van der Waals surface area contributed by atoms with Gasteiger partial charge in [-0.05, 0) is 18.4 Å². The van der Waals surface area contributed by atoms with Gasteiger partial charge in [0, 0.05) is 0 Å². The van der Waals surface area contributed by atoms with Gasteiger partial charge < -0.3 is 0 Å². The molecule has 0 spiro atoms. The molecule has 72 valence electrons. The van der Waals surface area contributed by atoms with Gasteiger partial charge in [0.15, 0.2) is 9.84 Å². The molecule has 1 heterocycles. The first-order chi connectivity index (χ1) is 6.08. The number of isocyanates is 1. The van der Waals surface area contributed by atoms with Gasteiger partial charge in [-0.2, -0.15) is 0 Å². The van der Waals surface area contributed by atoms with Gasteiger partial charge in [0.2, 0.25) is 6.08 Å². The number of aliphatic imine (C=N–C) groups is 1. The molecule has 0 aliphatic carbocycles. The van der Waals surface area contributed by atoms with Crippen LogP contribution in [0.3, 0.4) is 0 Å². The molecule has 5 heteroatoms. The van der Waals surface area contributed by atoms with Crippen molar-refractivity contribution in [3.63, 3.8) is 0 Å². The van der Waals surface area contributed by atoms with Crippen molar-refractivity contribution < 1.29 is 13.2 Å². The summed E-state index contributed by atoms with van der Waals surface area (Å²) in [4.78, 5) is 13.1. The minimum Gasteiger partial charge on any atom is -0.228 e. The molecule has 0 aromatic carbocycles. The Morgan fingerprint density at radius 2 is 2.31 bits per heavy atom. The predicted octanol–water partition coefficient (Wildman–Crippen LogP) is 0.456. The lowest BCUT2D eigenvalue weighted by Gasteiger charge is -2.09. The highest BCUT2D eigenvalue weighted by atomic mass is 32.2. The molecule has 0 amide bonds. The molecule has 1 rings (SSSR count). The summed E-state index contributed by atoms with van der Waals surface area (Å²) in [5, 5.41) is -0.496. The quantitative estimate of drug-likeness (QED) is 0.378. The Labute approximate surface area is 77.3 Å². The van der Waals surface area contributed by atoms with Crippen LogP contribution >= 0.6 is 0 Å². The van der Waals surface area contributed by atoms with E-state index >= 15 is 0 Å². The lowest BCUT2D eigenvalue weighted by atomic mass is 10.1. The molecule has 1 atom stereocenters. The van der Waals surface area contributed by atoms with Crippen molar-refractivity contribution in [1.29, 1.82) is 0 Å². The highest BCUT2D eigenvalue weighted by molar-refractivity contribution is 7.92. The summed E-state index contributed by atoms with van der Waals surface area (Å²) in [5.74, 6) is 0.224. The van der Waals surface area contributed by atoms with Crippen LogP contribution in [0, 0.1) is 0 Å². The third-order valence-corrected chi connectivity index (χ3v) is 4.42. The van der Waals surface area contributed by atoms with Crippen LogP contribution in [0.25, 0.3) is 0 Å². The van der Waals surface area contributed by atoms with E-state index in [4.69, 9.17) is 0 Å². The van der Waals surface area contributed by atoms with Gasteiger partial charge in [-0.25, -0.2) is 18.2 Å². The first kappa shape index (κ1) is 10.2. The number of sulfone groups is 1. The van der Waals surface area contributed by atoms with Crippen LogP contribution in [0.2, 0.25) is 0 Å². The van der Waals surface area contributed by atoms with Gasteiger partial charge in [-0.1, -0.05) is 6.58 Å². The van der Waals surface area contributed by atoms with E-state index in [1.165, 1.54) is 6.08 Å². The van der Waals surface area contributed by atoms with Crippen molar-refractivity contribution in [3.05, 3.63) is 12.2 Å². The van der Waals surface area contributed by atoms with Crippen LogP contribution < -0.4 is 0 Å². The fraction of sp³-hybridized carbons (Fsp3) is 0.625. The van der Waals surface area contributed by atoms with E-state index in [0.717, 1.165) is 0 Å². The zero-order valence-corrected chi connectivity index (χ0v) is 8.01. The van der Waals surface area contributed by atoms with Crippen molar-refractivity contribution >= 4 is 15.9 Å². The maximum atomic E-state index is 11.4. The van der Waals surface area contributed by atoms with Crippen LogP contribution in [0.4, 0.5) is 0 Å². The van der Waals surface area contributed by atoms with Crippen LogP contribution in [0.15, 0.2) is 17.1 Å². The van der Waals surface area contributed by atoms with E-state index in [2.05, 4.69) is 11.6 Å². The van der Waals surface area contributed by atoms with Crippen molar-refractivity contribution in [2.75, 3.05) is 12.3 Å². The van der Waals surface area contributed by atoms with Crippen molar-refractivity contribution in [2.45, 2.75) is 18.1 Å². The molecule has 0 saturated carbocycles. The average molecular weight is 201 g/mol. The normalized spacial score (nSPS) is 25.1. The summed E-state index contributed by atoms with van der Waals surface area (Å²) in [6, 6.07) is 0. The molecule has 0 N–H and O–H groups in total. The minimum atomic E-state index is -3.01. The number of hydrogen-bond acceptors (Lipinski definition) is 4. The molecule has 13 heavy (non-hydrogen) atoms. The van der Waals surface area contributed by atoms with E-state index in [1.54, 1.807) is 0 Å². The Kier molecular flexibility index (Phi) is 3.01. The molecule has 1 aliphatic rings. The Morgan fingerprint density at radius 1 is 1.62 bits per heavy atom. The van der Waals surface area contributed by atoms with Crippen molar-refractivity contribution in [3.8, 4) is 0 Å². The lowest BCUT2D eigenvalue weighted by Crippen LogP contribution is -2.19. The Bertz CT molecular complexity index is 352. The summed E-state index contributed by atoms with van der Waals surface area (Å²) in [6.07, 6.45) is 2.65. The number of nitrogens with zero attached hydrogens (tertiary/aromatic N) is 1. The smallest absolute Gasteiger partial charge is 0.228 e. The molecule has 4 nitrogen and oxygen atoms in total. The Hall–Kier alpha value is -0.930. The highest BCUT2D eigenvalue weighted by Gasteiger charge is 2.32. The number of carbonyl (C=O) groups excluding carboxylic acids is 1. The predicted molar refractivity (Wildman–Crippen MR) is 48.9 cm³/mol. The topological polar surface area (TPSA) is 63.6 Å². The molecule has 0 aromatic heterocycles. The van der Waals surface area contributed by atoms with E-state index in [-0.39, 0.29) is 12.3 Å². The SMILES string of the molecule is C=C(CN=C=O)C1CCCS1(=O)=O. The average Bonchev–Trinajstić information content (AvgIpc) is 2.41. The second kappa shape index (κ2) is 3.85. The second-order valence-electron chi connectivity index (χ2n) is 3.06. The van der Waals surface area contributed by atoms with E-state index in [0.29, 0.717) is 18.4 Å². The molecule has 1 fully saturated rings. The summed E-state index contributed by atoms with van der Waals surface area (Å²) in [6.45, 7) is 3.69. The summed E-state index contributed by atoms with van der Waals surface area (Å²) < 4.78 is 22.7. The Balaban J connectivity index is 2.72. The molecule has 0 bridgehead atoms. The zero-order valence-electron chi connectivity index (χ0n) is 7.19. The first-order valence-electron chi connectivity index (χ1n) is 4.01.